The minimum absolute atomic E-state index is 0.255. The molecule has 1 atom stereocenters. The Morgan fingerprint density at radius 3 is 2.75 bits per heavy atom. The fourth-order valence-electron chi connectivity index (χ4n) is 0.570. The Balaban J connectivity index is 3.60. The first-order valence-corrected chi connectivity index (χ1v) is 5.11. The van der Waals surface area contributed by atoms with Crippen LogP contribution in [-0.4, -0.2) is 17.4 Å². The van der Waals surface area contributed by atoms with Crippen molar-refractivity contribution in [1.82, 2.24) is 0 Å². The molecular formula is C9H15BrO2. The van der Waals surface area contributed by atoms with Crippen molar-refractivity contribution in [3.8, 4) is 0 Å². The molecule has 1 unspecified atom stereocenters. The lowest BCUT2D eigenvalue weighted by molar-refractivity contribution is -0.137. The third-order valence-corrected chi connectivity index (χ3v) is 2.23. The Kier molecular flexibility index (Phi) is 7.16. The van der Waals surface area contributed by atoms with Crippen molar-refractivity contribution in [2.24, 2.45) is 0 Å². The average Bonchev–Trinajstić information content (AvgIpc) is 2.10. The Bertz CT molecular complexity index is 155. The number of carbonyl (C=O) groups excluding carboxylic acids is 1. The number of halogens is 1. The van der Waals surface area contributed by atoms with Crippen LogP contribution in [0.5, 0.6) is 0 Å². The fourth-order valence-corrected chi connectivity index (χ4v) is 0.722. The molecule has 0 aromatic carbocycles. The maximum atomic E-state index is 10.9. The molecule has 12 heavy (non-hydrogen) atoms. The number of hydrogen-bond donors (Lipinski definition) is 0. The first-order chi connectivity index (χ1) is 5.70. The first kappa shape index (κ1) is 11.7. The zero-order chi connectivity index (χ0) is 9.40. The van der Waals surface area contributed by atoms with Crippen LogP contribution >= 0.6 is 15.9 Å². The molecule has 2 nitrogen and oxygen atoms in total. The summed E-state index contributed by atoms with van der Waals surface area (Å²) in [5, 5.41) is 0. The lowest BCUT2D eigenvalue weighted by Crippen LogP contribution is -2.02. The molecule has 70 valence electrons. The quantitative estimate of drug-likeness (QED) is 0.416. The fraction of sp³-hybridized carbons (Fsp3) is 0.667. The smallest absolute Gasteiger partial charge is 0.330 e. The lowest BCUT2D eigenvalue weighted by atomic mass is 10.3. The number of alkyl halides is 1. The number of allylic oxidation sites excluding steroid dienone is 1. The van der Waals surface area contributed by atoms with Gasteiger partial charge in [0.05, 0.1) is 6.61 Å². The molecule has 0 fully saturated rings. The van der Waals surface area contributed by atoms with E-state index in [4.69, 9.17) is 4.74 Å². The molecule has 0 spiro atoms. The zero-order valence-electron chi connectivity index (χ0n) is 7.55. The predicted octanol–water partition coefficient (Wildman–Crippen LogP) is 2.67. The number of hydrogen-bond acceptors (Lipinski definition) is 2. The van der Waals surface area contributed by atoms with Gasteiger partial charge in [0.2, 0.25) is 0 Å². The lowest BCUT2D eigenvalue weighted by Gasteiger charge is -1.99. The highest BCUT2D eigenvalue weighted by molar-refractivity contribution is 9.09. The van der Waals surface area contributed by atoms with Crippen molar-refractivity contribution in [3.63, 3.8) is 0 Å². The van der Waals surface area contributed by atoms with Crippen molar-refractivity contribution in [3.05, 3.63) is 12.2 Å². The summed E-state index contributed by atoms with van der Waals surface area (Å²) in [6, 6.07) is 0. The van der Waals surface area contributed by atoms with E-state index >= 15 is 0 Å². The van der Waals surface area contributed by atoms with E-state index in [0.29, 0.717) is 6.61 Å². The largest absolute Gasteiger partial charge is 0.463 e. The van der Waals surface area contributed by atoms with Gasteiger partial charge in [0, 0.05) is 10.9 Å². The van der Waals surface area contributed by atoms with Gasteiger partial charge in [0.1, 0.15) is 0 Å². The molecule has 0 bridgehead atoms. The third kappa shape index (κ3) is 6.40. The normalized spacial score (nSPS) is 13.2. The van der Waals surface area contributed by atoms with Gasteiger partial charge in [-0.15, -0.1) is 0 Å². The van der Waals surface area contributed by atoms with Gasteiger partial charge in [-0.1, -0.05) is 35.9 Å². The van der Waals surface area contributed by atoms with E-state index in [-0.39, 0.29) is 10.8 Å². The second kappa shape index (κ2) is 7.35. The highest BCUT2D eigenvalue weighted by Gasteiger charge is 1.97. The molecule has 3 heteroatoms. The van der Waals surface area contributed by atoms with Crippen LogP contribution in [0.25, 0.3) is 0 Å². The Morgan fingerprint density at radius 2 is 2.25 bits per heavy atom. The van der Waals surface area contributed by atoms with E-state index in [2.05, 4.69) is 15.9 Å². The predicted molar refractivity (Wildman–Crippen MR) is 53.4 cm³/mol. The summed E-state index contributed by atoms with van der Waals surface area (Å²) < 4.78 is 4.84. The minimum Gasteiger partial charge on any atom is -0.463 e. The van der Waals surface area contributed by atoms with Gasteiger partial charge in [-0.25, -0.2) is 4.79 Å². The Labute approximate surface area is 82.1 Å². The van der Waals surface area contributed by atoms with Gasteiger partial charge >= 0.3 is 5.97 Å². The summed E-state index contributed by atoms with van der Waals surface area (Å²) in [5.74, 6) is -0.255. The molecule has 0 saturated carbocycles. The summed E-state index contributed by atoms with van der Waals surface area (Å²) >= 11 is 3.38. The third-order valence-electron chi connectivity index (χ3n) is 1.28. The van der Waals surface area contributed by atoms with E-state index < -0.39 is 0 Å². The summed E-state index contributed by atoms with van der Waals surface area (Å²) in [5.41, 5.74) is 0. The van der Waals surface area contributed by atoms with Crippen LogP contribution in [0, 0.1) is 0 Å². The van der Waals surface area contributed by atoms with Gasteiger partial charge in [-0.2, -0.15) is 0 Å². The maximum absolute atomic E-state index is 10.9. The van der Waals surface area contributed by atoms with E-state index in [9.17, 15) is 4.79 Å². The summed E-state index contributed by atoms with van der Waals surface area (Å²) in [6.45, 7) is 4.51. The van der Waals surface area contributed by atoms with Crippen molar-refractivity contribution in [2.45, 2.75) is 31.5 Å². The van der Waals surface area contributed by atoms with Crippen LogP contribution in [-0.2, 0) is 9.53 Å². The second-order valence-corrected chi connectivity index (χ2v) is 3.63. The summed E-state index contributed by atoms with van der Waals surface area (Å²) in [6.07, 6.45) is 5.11. The van der Waals surface area contributed by atoms with Crippen LogP contribution in [0.4, 0.5) is 0 Å². The molecule has 0 aliphatic carbocycles. The standard InChI is InChI=1S/C9H15BrO2/c1-3-7-12-9(11)6-5-8(10)4-2/h5-6,8H,3-4,7H2,1-2H3/b6-5+. The molecule has 0 aliphatic rings. The molecule has 0 amide bonds. The number of esters is 1. The van der Waals surface area contributed by atoms with Crippen LogP contribution < -0.4 is 0 Å². The minimum atomic E-state index is -0.255. The zero-order valence-corrected chi connectivity index (χ0v) is 9.13. The summed E-state index contributed by atoms with van der Waals surface area (Å²) in [4.78, 5) is 11.2. The molecule has 0 aromatic heterocycles. The monoisotopic (exact) mass is 234 g/mol. The topological polar surface area (TPSA) is 26.3 Å². The van der Waals surface area contributed by atoms with E-state index in [0.717, 1.165) is 12.8 Å². The van der Waals surface area contributed by atoms with E-state index in [1.807, 2.05) is 13.8 Å². The highest BCUT2D eigenvalue weighted by Crippen LogP contribution is 2.05. The van der Waals surface area contributed by atoms with Crippen LogP contribution in [0.1, 0.15) is 26.7 Å². The number of ether oxygens (including phenoxy) is 1. The molecule has 0 heterocycles. The van der Waals surface area contributed by atoms with Crippen molar-refractivity contribution in [1.29, 1.82) is 0 Å². The maximum Gasteiger partial charge on any atom is 0.330 e. The van der Waals surface area contributed by atoms with Gasteiger partial charge < -0.3 is 4.74 Å². The van der Waals surface area contributed by atoms with Gasteiger partial charge in [0.15, 0.2) is 0 Å². The van der Waals surface area contributed by atoms with Crippen molar-refractivity contribution < 1.29 is 9.53 Å². The molecule has 0 radical (unpaired) electrons. The van der Waals surface area contributed by atoms with Gasteiger partial charge in [-0.05, 0) is 12.8 Å². The molecule has 0 rings (SSSR count). The van der Waals surface area contributed by atoms with E-state index in [1.165, 1.54) is 6.08 Å². The number of rotatable bonds is 5. The van der Waals surface area contributed by atoms with Crippen molar-refractivity contribution in [2.75, 3.05) is 6.61 Å². The van der Waals surface area contributed by atoms with Crippen molar-refractivity contribution >= 4 is 21.9 Å². The van der Waals surface area contributed by atoms with Crippen LogP contribution in [0.2, 0.25) is 0 Å². The molecular weight excluding hydrogens is 220 g/mol. The second-order valence-electron chi connectivity index (χ2n) is 2.45. The molecule has 0 aromatic rings. The van der Waals surface area contributed by atoms with Gasteiger partial charge in [-0.3, -0.25) is 0 Å². The summed E-state index contributed by atoms with van der Waals surface area (Å²) in [7, 11) is 0. The average molecular weight is 235 g/mol. The first-order valence-electron chi connectivity index (χ1n) is 4.19. The Morgan fingerprint density at radius 1 is 1.58 bits per heavy atom. The molecule has 0 aliphatic heterocycles. The molecule has 0 N–H and O–H groups in total. The Hall–Kier alpha value is -0.310. The van der Waals surface area contributed by atoms with E-state index in [1.54, 1.807) is 6.08 Å². The highest BCUT2D eigenvalue weighted by atomic mass is 79.9. The van der Waals surface area contributed by atoms with Crippen LogP contribution in [0.3, 0.4) is 0 Å². The SMILES string of the molecule is CCCOC(=O)/C=C/C(Br)CC. The number of carbonyl (C=O) groups is 1. The van der Waals surface area contributed by atoms with Crippen LogP contribution in [0.15, 0.2) is 12.2 Å². The van der Waals surface area contributed by atoms with Gasteiger partial charge in [0.25, 0.3) is 0 Å². The molecule has 0 saturated heterocycles.